The summed E-state index contributed by atoms with van der Waals surface area (Å²) >= 11 is 3.65. The minimum absolute atomic E-state index is 0.159. The fourth-order valence-corrected chi connectivity index (χ4v) is 4.62. The number of nitrogens with zero attached hydrogens (tertiary/aromatic N) is 4. The topological polar surface area (TPSA) is 32.3 Å². The molecule has 5 rings (SSSR count). The molecule has 3 atom stereocenters. The fourth-order valence-electron chi connectivity index (χ4n) is 4.27. The van der Waals surface area contributed by atoms with Gasteiger partial charge in [0.05, 0.1) is 0 Å². The molecule has 5 heteroatoms. The monoisotopic (exact) mass is 406 g/mol. The Kier molecular flexibility index (Phi) is 3.54. The molecular weight excluding hydrogens is 388 g/mol. The third-order valence-corrected chi connectivity index (χ3v) is 6.17. The molecule has 0 aliphatic carbocycles. The first-order valence-corrected chi connectivity index (χ1v) is 9.70. The van der Waals surface area contributed by atoms with Crippen molar-refractivity contribution in [2.45, 2.75) is 25.9 Å². The van der Waals surface area contributed by atoms with Crippen LogP contribution in [0.4, 0.5) is 23.0 Å². The molecule has 0 saturated heterocycles. The van der Waals surface area contributed by atoms with Crippen LogP contribution in [0.5, 0.6) is 0 Å². The van der Waals surface area contributed by atoms with Crippen LogP contribution in [0.15, 0.2) is 65.4 Å². The molecular formula is C21H19BrN4. The van der Waals surface area contributed by atoms with Crippen molar-refractivity contribution in [3.63, 3.8) is 0 Å². The molecule has 0 N–H and O–H groups in total. The quantitative estimate of drug-likeness (QED) is 0.525. The van der Waals surface area contributed by atoms with Crippen molar-refractivity contribution < 1.29 is 0 Å². The molecule has 0 bridgehead atoms. The molecule has 2 aliphatic rings. The zero-order valence-electron chi connectivity index (χ0n) is 14.7. The third kappa shape index (κ3) is 2.13. The van der Waals surface area contributed by atoms with Crippen LogP contribution in [0.3, 0.4) is 0 Å². The second-order valence-corrected chi connectivity index (χ2v) is 7.96. The van der Waals surface area contributed by atoms with E-state index in [1.165, 1.54) is 11.3 Å². The van der Waals surface area contributed by atoms with Gasteiger partial charge in [0.25, 0.3) is 0 Å². The maximum atomic E-state index is 4.71. The molecule has 26 heavy (non-hydrogen) atoms. The van der Waals surface area contributed by atoms with E-state index in [2.05, 4.69) is 82.0 Å². The summed E-state index contributed by atoms with van der Waals surface area (Å²) in [7, 11) is 0. The third-order valence-electron chi connectivity index (χ3n) is 5.68. The van der Waals surface area contributed by atoms with E-state index in [9.17, 15) is 0 Å². The second-order valence-electron chi connectivity index (χ2n) is 7.04. The van der Waals surface area contributed by atoms with Crippen molar-refractivity contribution in [2.75, 3.05) is 9.80 Å². The number of halogens is 1. The summed E-state index contributed by atoms with van der Waals surface area (Å²) in [6.45, 7) is 4.65. The first-order chi connectivity index (χ1) is 12.7. The number of hydrogen-bond acceptors (Lipinski definition) is 4. The lowest BCUT2D eigenvalue weighted by atomic mass is 9.81. The number of aromatic nitrogens is 2. The van der Waals surface area contributed by atoms with Gasteiger partial charge in [0.1, 0.15) is 6.17 Å². The molecule has 4 nitrogen and oxygen atoms in total. The Morgan fingerprint density at radius 2 is 1.58 bits per heavy atom. The summed E-state index contributed by atoms with van der Waals surface area (Å²) in [5.74, 6) is 2.72. The van der Waals surface area contributed by atoms with Gasteiger partial charge in [-0.15, -0.1) is 0 Å². The van der Waals surface area contributed by atoms with Crippen LogP contribution in [0.1, 0.15) is 25.3 Å². The predicted octanol–water partition coefficient (Wildman–Crippen LogP) is 5.61. The van der Waals surface area contributed by atoms with E-state index < -0.39 is 0 Å². The Bertz CT molecular complexity index is 975. The average molecular weight is 407 g/mol. The number of para-hydroxylation sites is 1. The standard InChI is InChI=1S/C21H19BrN4/c1-13-14(2)21-25(16-6-4-3-5-7-16)19-20(24-11-10-23-19)26(21)18-12-15(22)8-9-17(13)18/h3-14,21H,1-2H3. The first kappa shape index (κ1) is 15.8. The molecule has 2 aliphatic heterocycles. The minimum atomic E-state index is 0.159. The van der Waals surface area contributed by atoms with Crippen LogP contribution in [0.25, 0.3) is 0 Å². The van der Waals surface area contributed by atoms with Crippen molar-refractivity contribution in [3.8, 4) is 0 Å². The second kappa shape index (κ2) is 5.81. The minimum Gasteiger partial charge on any atom is -0.302 e. The van der Waals surface area contributed by atoms with Gasteiger partial charge in [0.15, 0.2) is 11.6 Å². The molecule has 0 saturated carbocycles. The van der Waals surface area contributed by atoms with Crippen molar-refractivity contribution >= 4 is 38.9 Å². The Hall–Kier alpha value is -2.40. The number of anilines is 4. The molecule has 3 heterocycles. The Morgan fingerprint density at radius 3 is 2.31 bits per heavy atom. The zero-order valence-corrected chi connectivity index (χ0v) is 16.3. The lowest BCUT2D eigenvalue weighted by Gasteiger charge is -2.44. The number of hydrogen-bond donors (Lipinski definition) is 0. The van der Waals surface area contributed by atoms with Gasteiger partial charge < -0.3 is 9.80 Å². The normalized spacial score (nSPS) is 23.4. The van der Waals surface area contributed by atoms with E-state index in [-0.39, 0.29) is 6.17 Å². The number of benzene rings is 2. The van der Waals surface area contributed by atoms with Crippen molar-refractivity contribution in [3.05, 3.63) is 71.0 Å². The zero-order chi connectivity index (χ0) is 17.8. The van der Waals surface area contributed by atoms with E-state index in [1.807, 2.05) is 6.07 Å². The molecule has 0 radical (unpaired) electrons. The number of fused-ring (bicyclic) bond motifs is 5. The van der Waals surface area contributed by atoms with Crippen molar-refractivity contribution in [1.29, 1.82) is 0 Å². The Balaban J connectivity index is 1.78. The van der Waals surface area contributed by atoms with Crippen LogP contribution in [0.2, 0.25) is 0 Å². The van der Waals surface area contributed by atoms with Crippen LogP contribution in [-0.2, 0) is 0 Å². The number of rotatable bonds is 1. The highest BCUT2D eigenvalue weighted by atomic mass is 79.9. The molecule has 2 aromatic carbocycles. The van der Waals surface area contributed by atoms with Gasteiger partial charge in [-0.3, -0.25) is 0 Å². The predicted molar refractivity (Wildman–Crippen MR) is 108 cm³/mol. The lowest BCUT2D eigenvalue weighted by Crippen LogP contribution is -2.48. The average Bonchev–Trinajstić information content (AvgIpc) is 3.02. The van der Waals surface area contributed by atoms with Gasteiger partial charge in [-0.2, -0.15) is 0 Å². The Labute approximate surface area is 161 Å². The molecule has 0 spiro atoms. The van der Waals surface area contributed by atoms with Gasteiger partial charge >= 0.3 is 0 Å². The lowest BCUT2D eigenvalue weighted by molar-refractivity contribution is 0.385. The van der Waals surface area contributed by atoms with Gasteiger partial charge in [0.2, 0.25) is 0 Å². The summed E-state index contributed by atoms with van der Waals surface area (Å²) < 4.78 is 1.08. The van der Waals surface area contributed by atoms with Crippen molar-refractivity contribution in [2.24, 2.45) is 5.92 Å². The summed E-state index contributed by atoms with van der Waals surface area (Å²) in [4.78, 5) is 14.1. The van der Waals surface area contributed by atoms with Crippen LogP contribution in [0, 0.1) is 5.92 Å². The summed E-state index contributed by atoms with van der Waals surface area (Å²) in [5, 5.41) is 0. The molecule has 3 unspecified atom stereocenters. The van der Waals surface area contributed by atoms with E-state index in [1.54, 1.807) is 12.4 Å². The maximum absolute atomic E-state index is 4.71. The summed E-state index contributed by atoms with van der Waals surface area (Å²) in [5.41, 5.74) is 3.73. The highest BCUT2D eigenvalue weighted by Gasteiger charge is 2.48. The van der Waals surface area contributed by atoms with E-state index >= 15 is 0 Å². The molecule has 1 aromatic heterocycles. The molecule has 3 aromatic rings. The van der Waals surface area contributed by atoms with Crippen molar-refractivity contribution in [1.82, 2.24) is 9.97 Å². The van der Waals surface area contributed by atoms with Gasteiger partial charge in [-0.05, 0) is 35.7 Å². The molecule has 130 valence electrons. The largest absolute Gasteiger partial charge is 0.302 e. The maximum Gasteiger partial charge on any atom is 0.178 e. The first-order valence-electron chi connectivity index (χ1n) is 8.91. The van der Waals surface area contributed by atoms with E-state index in [4.69, 9.17) is 9.97 Å². The Morgan fingerprint density at radius 1 is 0.885 bits per heavy atom. The van der Waals surface area contributed by atoms with Gasteiger partial charge in [-0.25, -0.2) is 9.97 Å². The fraction of sp³-hybridized carbons (Fsp3) is 0.238. The van der Waals surface area contributed by atoms with Gasteiger partial charge in [-0.1, -0.05) is 54.0 Å². The molecule has 0 amide bonds. The summed E-state index contributed by atoms with van der Waals surface area (Å²) in [6.07, 6.45) is 3.72. The van der Waals surface area contributed by atoms with Crippen LogP contribution >= 0.6 is 15.9 Å². The summed E-state index contributed by atoms with van der Waals surface area (Å²) in [6, 6.07) is 17.1. The van der Waals surface area contributed by atoms with Crippen LogP contribution in [-0.4, -0.2) is 16.1 Å². The van der Waals surface area contributed by atoms with Crippen LogP contribution < -0.4 is 9.80 Å². The molecule has 0 fully saturated rings. The van der Waals surface area contributed by atoms with E-state index in [0.717, 1.165) is 21.8 Å². The highest BCUT2D eigenvalue weighted by molar-refractivity contribution is 9.10. The highest BCUT2D eigenvalue weighted by Crippen LogP contribution is 2.54. The smallest absolute Gasteiger partial charge is 0.178 e. The van der Waals surface area contributed by atoms with E-state index in [0.29, 0.717) is 11.8 Å². The SMILES string of the molecule is CC1c2ccc(Br)cc2N2c3nccnc3N(c3ccccc3)C2C1C. The van der Waals surface area contributed by atoms with Gasteiger partial charge in [0, 0.05) is 34.2 Å².